The molecule has 2 saturated heterocycles. The molecule has 8 nitrogen and oxygen atoms in total. The molecule has 29 heavy (non-hydrogen) atoms. The smallest absolute Gasteiger partial charge is 0.338 e. The molecule has 2 aliphatic heterocycles. The van der Waals surface area contributed by atoms with Gasteiger partial charge in [-0.05, 0) is 42.5 Å². The van der Waals surface area contributed by atoms with Crippen LogP contribution in [0.25, 0.3) is 0 Å². The van der Waals surface area contributed by atoms with Crippen LogP contribution in [0.15, 0.2) is 29.2 Å². The first-order valence-electron chi connectivity index (χ1n) is 9.90. The molecular weight excluding hydrogens is 396 g/mol. The van der Waals surface area contributed by atoms with Gasteiger partial charge >= 0.3 is 5.97 Å². The van der Waals surface area contributed by atoms with Crippen LogP contribution in [0.4, 0.5) is 0 Å². The van der Waals surface area contributed by atoms with Crippen molar-refractivity contribution in [2.75, 3.05) is 46.0 Å². The van der Waals surface area contributed by atoms with Crippen molar-refractivity contribution in [1.82, 2.24) is 9.21 Å². The maximum atomic E-state index is 12.9. The number of esters is 1. The second-order valence-corrected chi connectivity index (χ2v) is 9.80. The molecule has 3 rings (SSSR count). The van der Waals surface area contributed by atoms with Gasteiger partial charge in [-0.25, -0.2) is 13.2 Å². The third-order valence-corrected chi connectivity index (χ3v) is 7.10. The van der Waals surface area contributed by atoms with E-state index in [1.54, 1.807) is 4.90 Å². The van der Waals surface area contributed by atoms with Gasteiger partial charge in [-0.2, -0.15) is 4.31 Å². The molecule has 2 heterocycles. The lowest BCUT2D eigenvalue weighted by Gasteiger charge is -2.34. The van der Waals surface area contributed by atoms with Crippen LogP contribution in [0.2, 0.25) is 0 Å². The molecule has 9 heteroatoms. The Morgan fingerprint density at radius 3 is 2.24 bits per heavy atom. The van der Waals surface area contributed by atoms with E-state index in [2.05, 4.69) is 13.8 Å². The number of amides is 1. The van der Waals surface area contributed by atoms with E-state index in [0.717, 1.165) is 6.42 Å². The monoisotopic (exact) mass is 424 g/mol. The van der Waals surface area contributed by atoms with Crippen LogP contribution in [0.1, 0.15) is 30.6 Å². The van der Waals surface area contributed by atoms with Crippen molar-refractivity contribution in [3.8, 4) is 0 Å². The number of rotatable bonds is 5. The van der Waals surface area contributed by atoms with Gasteiger partial charge < -0.3 is 14.4 Å². The highest BCUT2D eigenvalue weighted by atomic mass is 32.2. The van der Waals surface area contributed by atoms with Gasteiger partial charge in [0.1, 0.15) is 0 Å². The van der Waals surface area contributed by atoms with Gasteiger partial charge in [0.25, 0.3) is 5.91 Å². The molecule has 160 valence electrons. The zero-order valence-electron chi connectivity index (χ0n) is 16.9. The summed E-state index contributed by atoms with van der Waals surface area (Å²) in [5, 5.41) is 0. The number of ether oxygens (including phenoxy) is 2. The Morgan fingerprint density at radius 2 is 1.66 bits per heavy atom. The number of morpholine rings is 1. The number of benzene rings is 1. The lowest BCUT2D eigenvalue weighted by atomic mass is 9.94. The first kappa shape index (κ1) is 21.7. The van der Waals surface area contributed by atoms with E-state index >= 15 is 0 Å². The summed E-state index contributed by atoms with van der Waals surface area (Å²) in [4.78, 5) is 26.0. The normalized spacial score (nSPS) is 23.6. The fourth-order valence-electron chi connectivity index (χ4n) is 3.83. The number of hydrogen-bond donors (Lipinski definition) is 0. The molecule has 0 N–H and O–H groups in total. The first-order chi connectivity index (χ1) is 13.8. The Bertz CT molecular complexity index is 823. The zero-order valence-corrected chi connectivity index (χ0v) is 17.7. The van der Waals surface area contributed by atoms with Crippen molar-refractivity contribution in [2.45, 2.75) is 25.2 Å². The highest BCUT2D eigenvalue weighted by molar-refractivity contribution is 7.89. The summed E-state index contributed by atoms with van der Waals surface area (Å²) in [5.74, 6) is -0.302. The number of hydrogen-bond acceptors (Lipinski definition) is 6. The summed E-state index contributed by atoms with van der Waals surface area (Å²) in [6.07, 6.45) is 1.01. The van der Waals surface area contributed by atoms with Gasteiger partial charge in [0, 0.05) is 26.2 Å². The molecule has 0 bridgehead atoms. The highest BCUT2D eigenvalue weighted by Gasteiger charge is 2.31. The van der Waals surface area contributed by atoms with Gasteiger partial charge in [0.05, 0.1) is 23.7 Å². The molecule has 2 atom stereocenters. The third kappa shape index (κ3) is 5.34. The van der Waals surface area contributed by atoms with Crippen LogP contribution in [0.3, 0.4) is 0 Å². The van der Waals surface area contributed by atoms with Crippen LogP contribution in [-0.2, 0) is 24.3 Å². The average Bonchev–Trinajstić information content (AvgIpc) is 2.71. The molecule has 1 aromatic rings. The van der Waals surface area contributed by atoms with Crippen molar-refractivity contribution in [3.63, 3.8) is 0 Å². The minimum absolute atomic E-state index is 0.153. The minimum atomic E-state index is -3.60. The Kier molecular flexibility index (Phi) is 6.92. The van der Waals surface area contributed by atoms with Crippen molar-refractivity contribution in [3.05, 3.63) is 29.8 Å². The molecule has 2 fully saturated rings. The van der Waals surface area contributed by atoms with Crippen LogP contribution in [0, 0.1) is 11.8 Å². The Hall–Kier alpha value is -1.97. The highest BCUT2D eigenvalue weighted by Crippen LogP contribution is 2.26. The maximum absolute atomic E-state index is 12.9. The van der Waals surface area contributed by atoms with Crippen molar-refractivity contribution < 1.29 is 27.5 Å². The molecule has 1 aromatic carbocycles. The van der Waals surface area contributed by atoms with E-state index in [-0.39, 0.29) is 23.0 Å². The minimum Gasteiger partial charge on any atom is -0.452 e. The van der Waals surface area contributed by atoms with E-state index in [1.807, 2.05) is 0 Å². The summed E-state index contributed by atoms with van der Waals surface area (Å²) in [5.41, 5.74) is 0.208. The number of nitrogens with zero attached hydrogens (tertiary/aromatic N) is 2. The molecule has 0 saturated carbocycles. The maximum Gasteiger partial charge on any atom is 0.338 e. The molecule has 0 radical (unpaired) electrons. The molecular formula is C20H28N2O6S. The summed E-state index contributed by atoms with van der Waals surface area (Å²) >= 11 is 0. The number of piperidine rings is 1. The van der Waals surface area contributed by atoms with Crippen LogP contribution >= 0.6 is 0 Å². The van der Waals surface area contributed by atoms with Crippen LogP contribution in [-0.4, -0.2) is 75.5 Å². The molecule has 0 unspecified atom stereocenters. The van der Waals surface area contributed by atoms with E-state index in [9.17, 15) is 18.0 Å². The standard InChI is InChI=1S/C20H28N2O6S/c1-15-11-16(2)13-22(12-15)29(25,26)18-5-3-17(4-6-18)20(24)28-14-19(23)21-7-9-27-10-8-21/h3-6,15-16H,7-14H2,1-2H3/t15-,16+. The predicted octanol–water partition coefficient (Wildman–Crippen LogP) is 1.37. The zero-order chi connectivity index (χ0) is 21.0. The molecule has 1 amide bonds. The Balaban J connectivity index is 1.60. The third-order valence-electron chi connectivity index (χ3n) is 5.25. The quantitative estimate of drug-likeness (QED) is 0.663. The molecule has 2 aliphatic rings. The van der Waals surface area contributed by atoms with Gasteiger partial charge in [-0.3, -0.25) is 4.79 Å². The molecule has 0 aromatic heterocycles. The summed E-state index contributed by atoms with van der Waals surface area (Å²) < 4.78 is 37.6. The molecule has 0 spiro atoms. The second kappa shape index (κ2) is 9.23. The first-order valence-corrected chi connectivity index (χ1v) is 11.3. The summed E-state index contributed by atoms with van der Waals surface area (Å²) in [6.45, 7) is 6.68. The topological polar surface area (TPSA) is 93.2 Å². The van der Waals surface area contributed by atoms with E-state index in [0.29, 0.717) is 51.2 Å². The summed E-state index contributed by atoms with van der Waals surface area (Å²) in [7, 11) is -3.60. The Labute approximate surface area is 171 Å². The van der Waals surface area contributed by atoms with Crippen LogP contribution < -0.4 is 0 Å². The van der Waals surface area contributed by atoms with Gasteiger partial charge in [0.2, 0.25) is 10.0 Å². The average molecular weight is 425 g/mol. The number of sulfonamides is 1. The van der Waals surface area contributed by atoms with E-state index in [4.69, 9.17) is 9.47 Å². The van der Waals surface area contributed by atoms with Gasteiger partial charge in [0.15, 0.2) is 6.61 Å². The summed E-state index contributed by atoms with van der Waals surface area (Å²) in [6, 6.07) is 5.68. The predicted molar refractivity (Wildman–Crippen MR) is 106 cm³/mol. The fourth-order valence-corrected chi connectivity index (χ4v) is 5.51. The second-order valence-electron chi connectivity index (χ2n) is 7.86. The van der Waals surface area contributed by atoms with E-state index in [1.165, 1.54) is 28.6 Å². The molecule has 0 aliphatic carbocycles. The number of carbonyl (C=O) groups is 2. The van der Waals surface area contributed by atoms with Crippen molar-refractivity contribution in [1.29, 1.82) is 0 Å². The van der Waals surface area contributed by atoms with E-state index < -0.39 is 16.0 Å². The fraction of sp³-hybridized carbons (Fsp3) is 0.600. The van der Waals surface area contributed by atoms with Gasteiger partial charge in [-0.15, -0.1) is 0 Å². The lowest BCUT2D eigenvalue weighted by molar-refractivity contribution is -0.138. The van der Waals surface area contributed by atoms with Crippen molar-refractivity contribution in [2.24, 2.45) is 11.8 Å². The lowest BCUT2D eigenvalue weighted by Crippen LogP contribution is -2.42. The van der Waals surface area contributed by atoms with Gasteiger partial charge in [-0.1, -0.05) is 13.8 Å². The number of carbonyl (C=O) groups excluding carboxylic acids is 2. The SMILES string of the molecule is C[C@@H]1C[C@H](C)CN(S(=O)(=O)c2ccc(C(=O)OCC(=O)N3CCOCC3)cc2)C1. The van der Waals surface area contributed by atoms with Crippen LogP contribution in [0.5, 0.6) is 0 Å². The largest absolute Gasteiger partial charge is 0.452 e. The van der Waals surface area contributed by atoms with Crippen molar-refractivity contribution >= 4 is 21.9 Å². The Morgan fingerprint density at radius 1 is 1.07 bits per heavy atom.